The molecule has 1 amide bonds. The third-order valence-electron chi connectivity index (χ3n) is 4.27. The van der Waals surface area contributed by atoms with E-state index in [1.165, 1.54) is 6.26 Å². The van der Waals surface area contributed by atoms with E-state index in [0.717, 1.165) is 5.56 Å². The van der Waals surface area contributed by atoms with E-state index in [9.17, 15) is 13.2 Å². The van der Waals surface area contributed by atoms with Gasteiger partial charge in [0.1, 0.15) is 11.0 Å². The predicted octanol–water partition coefficient (Wildman–Crippen LogP) is 2.19. The molecule has 8 heteroatoms. The molecule has 130 valence electrons. The molecule has 1 N–H and O–H groups in total. The Morgan fingerprint density at radius 1 is 1.12 bits per heavy atom. The number of sulfone groups is 1. The second-order valence-corrected chi connectivity index (χ2v) is 7.95. The summed E-state index contributed by atoms with van der Waals surface area (Å²) < 4.78 is 23.1. The summed E-state index contributed by atoms with van der Waals surface area (Å²) in [6, 6.07) is 11.6. The van der Waals surface area contributed by atoms with Gasteiger partial charge in [0, 0.05) is 13.3 Å². The van der Waals surface area contributed by atoms with Gasteiger partial charge in [-0.05, 0) is 36.8 Å². The van der Waals surface area contributed by atoms with Crippen molar-refractivity contribution in [2.75, 3.05) is 13.3 Å². The van der Waals surface area contributed by atoms with Crippen LogP contribution in [0.4, 0.5) is 0 Å². The third-order valence-corrected chi connectivity index (χ3v) is 5.40. The number of carbonyl (C=O) groups excluding carboxylic acids is 1. The number of H-pyrrole nitrogens is 1. The van der Waals surface area contributed by atoms with Crippen molar-refractivity contribution < 1.29 is 13.2 Å². The van der Waals surface area contributed by atoms with E-state index >= 15 is 0 Å². The first-order chi connectivity index (χ1) is 11.8. The Hall–Kier alpha value is -2.74. The zero-order chi connectivity index (χ0) is 18.2. The summed E-state index contributed by atoms with van der Waals surface area (Å²) in [6.45, 7) is 1.89. The van der Waals surface area contributed by atoms with Gasteiger partial charge in [0.15, 0.2) is 9.84 Å². The number of nitrogens with one attached hydrogen (secondary N) is 1. The molecule has 0 bridgehead atoms. The number of aromatic nitrogens is 3. The lowest BCUT2D eigenvalue weighted by molar-refractivity contribution is 0.0744. The van der Waals surface area contributed by atoms with Crippen LogP contribution in [-0.4, -0.2) is 47.9 Å². The Morgan fingerprint density at radius 2 is 1.80 bits per heavy atom. The molecule has 0 radical (unpaired) electrons. The van der Waals surface area contributed by atoms with Crippen molar-refractivity contribution in [1.82, 2.24) is 20.3 Å². The fourth-order valence-corrected chi connectivity index (χ4v) is 3.25. The van der Waals surface area contributed by atoms with Crippen molar-refractivity contribution >= 4 is 26.8 Å². The summed E-state index contributed by atoms with van der Waals surface area (Å²) in [5.41, 5.74) is 2.47. The van der Waals surface area contributed by atoms with E-state index in [-0.39, 0.29) is 16.8 Å². The highest BCUT2D eigenvalue weighted by molar-refractivity contribution is 7.90. The van der Waals surface area contributed by atoms with Crippen LogP contribution < -0.4 is 0 Å². The Kier molecular flexibility index (Phi) is 4.30. The smallest absolute Gasteiger partial charge is 0.256 e. The van der Waals surface area contributed by atoms with E-state index in [0.29, 0.717) is 16.6 Å². The van der Waals surface area contributed by atoms with Gasteiger partial charge in [0.05, 0.1) is 16.5 Å². The number of para-hydroxylation sites is 1. The highest BCUT2D eigenvalue weighted by Crippen LogP contribution is 2.24. The zero-order valence-electron chi connectivity index (χ0n) is 14.1. The highest BCUT2D eigenvalue weighted by Gasteiger charge is 2.22. The number of amides is 1. The van der Waals surface area contributed by atoms with Gasteiger partial charge in [-0.15, -0.1) is 0 Å². The van der Waals surface area contributed by atoms with Crippen molar-refractivity contribution in [1.29, 1.82) is 0 Å². The minimum Gasteiger partial charge on any atom is -0.335 e. The van der Waals surface area contributed by atoms with E-state index < -0.39 is 9.84 Å². The fraction of sp³-hybridized carbons (Fsp3) is 0.235. The minimum absolute atomic E-state index is 0.181. The van der Waals surface area contributed by atoms with Crippen molar-refractivity contribution in [3.8, 4) is 0 Å². The fourth-order valence-electron chi connectivity index (χ4n) is 2.62. The molecular formula is C17H18N4O3S. The van der Waals surface area contributed by atoms with Crippen molar-refractivity contribution in [3.63, 3.8) is 0 Å². The molecule has 1 aromatic heterocycles. The van der Waals surface area contributed by atoms with Gasteiger partial charge in [-0.2, -0.15) is 15.4 Å². The first-order valence-electron chi connectivity index (χ1n) is 7.65. The van der Waals surface area contributed by atoms with Crippen molar-refractivity contribution in [2.24, 2.45) is 0 Å². The molecule has 0 spiro atoms. The molecule has 0 fully saturated rings. The van der Waals surface area contributed by atoms with Crippen LogP contribution in [0.25, 0.3) is 11.0 Å². The van der Waals surface area contributed by atoms with E-state index in [1.807, 2.05) is 6.92 Å². The number of hydrogen-bond acceptors (Lipinski definition) is 5. The lowest BCUT2D eigenvalue weighted by Crippen LogP contribution is -2.29. The van der Waals surface area contributed by atoms with Crippen LogP contribution >= 0.6 is 0 Å². The molecule has 1 heterocycles. The molecule has 0 saturated heterocycles. The van der Waals surface area contributed by atoms with Gasteiger partial charge in [-0.1, -0.05) is 18.2 Å². The average molecular weight is 358 g/mol. The summed E-state index contributed by atoms with van der Waals surface area (Å²) >= 11 is 0. The maximum Gasteiger partial charge on any atom is 0.256 e. The van der Waals surface area contributed by atoms with Crippen LogP contribution in [0.1, 0.15) is 28.9 Å². The second-order valence-electron chi connectivity index (χ2n) is 5.93. The van der Waals surface area contributed by atoms with E-state index in [1.54, 1.807) is 54.4 Å². The average Bonchev–Trinajstić information content (AvgIpc) is 3.08. The zero-order valence-corrected chi connectivity index (χ0v) is 14.9. The lowest BCUT2D eigenvalue weighted by atomic mass is 10.1. The Morgan fingerprint density at radius 3 is 2.44 bits per heavy atom. The summed E-state index contributed by atoms with van der Waals surface area (Å²) in [4.78, 5) is 14.7. The number of rotatable bonds is 4. The number of hydrogen-bond donors (Lipinski definition) is 1. The van der Waals surface area contributed by atoms with E-state index in [2.05, 4.69) is 15.4 Å². The molecule has 3 aromatic rings. The summed E-state index contributed by atoms with van der Waals surface area (Å²) in [5, 5.41) is 10.6. The molecule has 0 aliphatic heterocycles. The number of nitrogens with zero attached hydrogens (tertiary/aromatic N) is 3. The van der Waals surface area contributed by atoms with Crippen molar-refractivity contribution in [2.45, 2.75) is 17.9 Å². The predicted molar refractivity (Wildman–Crippen MR) is 93.9 cm³/mol. The van der Waals surface area contributed by atoms with Crippen LogP contribution in [0, 0.1) is 0 Å². The Labute approximate surface area is 145 Å². The second kappa shape index (κ2) is 6.29. The van der Waals surface area contributed by atoms with Gasteiger partial charge in [0.25, 0.3) is 5.91 Å². The van der Waals surface area contributed by atoms with Crippen LogP contribution in [0.3, 0.4) is 0 Å². The topological polar surface area (TPSA) is 96.0 Å². The van der Waals surface area contributed by atoms with Crippen LogP contribution in [0.2, 0.25) is 0 Å². The lowest BCUT2D eigenvalue weighted by Gasteiger charge is -2.25. The maximum absolute atomic E-state index is 12.8. The molecule has 0 aliphatic carbocycles. The third kappa shape index (κ3) is 3.25. The van der Waals surface area contributed by atoms with Gasteiger partial charge >= 0.3 is 0 Å². The first kappa shape index (κ1) is 17.1. The van der Waals surface area contributed by atoms with Gasteiger partial charge in [0.2, 0.25) is 0 Å². The molecule has 0 saturated carbocycles. The minimum atomic E-state index is -3.24. The monoisotopic (exact) mass is 358 g/mol. The number of benzene rings is 2. The quantitative estimate of drug-likeness (QED) is 0.771. The van der Waals surface area contributed by atoms with Crippen molar-refractivity contribution in [3.05, 3.63) is 53.6 Å². The molecule has 3 rings (SSSR count). The number of fused-ring (bicyclic) bond motifs is 1. The summed E-state index contributed by atoms with van der Waals surface area (Å²) in [7, 11) is -1.54. The van der Waals surface area contributed by atoms with Crippen LogP contribution in [0.15, 0.2) is 47.4 Å². The number of carbonyl (C=O) groups is 1. The largest absolute Gasteiger partial charge is 0.335 e. The van der Waals surface area contributed by atoms with Gasteiger partial charge in [-0.3, -0.25) is 4.79 Å². The van der Waals surface area contributed by atoms with Crippen LogP contribution in [-0.2, 0) is 9.84 Å². The van der Waals surface area contributed by atoms with E-state index in [4.69, 9.17) is 0 Å². The Bertz CT molecular complexity index is 1030. The normalized spacial score (nSPS) is 12.9. The molecule has 1 atom stereocenters. The SMILES string of the molecule is C[C@H](c1ccc(S(C)(=O)=O)cc1)N(C)C(=O)c1cccc2n[nH]nc12. The molecular weight excluding hydrogens is 340 g/mol. The standard InChI is InChI=1S/C17H18N4O3S/c1-11(12-7-9-13(10-8-12)25(3,23)24)21(2)17(22)14-5-4-6-15-16(14)19-20-18-15/h4-11H,1-3H3,(H,18,19,20)/t11-/m1/s1. The van der Waals surface area contributed by atoms with Gasteiger partial charge in [-0.25, -0.2) is 8.42 Å². The number of aromatic amines is 1. The first-order valence-corrected chi connectivity index (χ1v) is 9.55. The summed E-state index contributed by atoms with van der Waals surface area (Å²) in [6.07, 6.45) is 1.17. The molecule has 0 aliphatic rings. The molecule has 7 nitrogen and oxygen atoms in total. The molecule has 0 unspecified atom stereocenters. The summed E-state index contributed by atoms with van der Waals surface area (Å²) in [5.74, 6) is -0.181. The maximum atomic E-state index is 12.8. The van der Waals surface area contributed by atoms with Crippen LogP contribution in [0.5, 0.6) is 0 Å². The highest BCUT2D eigenvalue weighted by atomic mass is 32.2. The van der Waals surface area contributed by atoms with Gasteiger partial charge < -0.3 is 4.90 Å². The Balaban J connectivity index is 1.88. The molecule has 2 aromatic carbocycles. The molecule has 25 heavy (non-hydrogen) atoms.